The summed E-state index contributed by atoms with van der Waals surface area (Å²) in [6.45, 7) is 0. The van der Waals surface area contributed by atoms with Crippen LogP contribution in [-0.2, 0) is 11.0 Å². The third-order valence-corrected chi connectivity index (χ3v) is 9.78. The van der Waals surface area contributed by atoms with Gasteiger partial charge in [-0.2, -0.15) is 0 Å². The smallest absolute Gasteiger partial charge is 0.146 e. The van der Waals surface area contributed by atoms with Crippen LogP contribution in [0.3, 0.4) is 0 Å². The van der Waals surface area contributed by atoms with E-state index in [1.165, 1.54) is 0 Å². The molecular formula is C44H32ClN3. The minimum atomic E-state index is -0.812. The first kappa shape index (κ1) is 29.6. The maximum absolute atomic E-state index is 7.27. The van der Waals surface area contributed by atoms with Crippen molar-refractivity contribution in [2.45, 2.75) is 11.0 Å². The van der Waals surface area contributed by atoms with Crippen LogP contribution in [0.1, 0.15) is 38.9 Å². The monoisotopic (exact) mass is 637 g/mol. The van der Waals surface area contributed by atoms with Crippen LogP contribution < -0.4 is 0 Å². The van der Waals surface area contributed by atoms with Crippen molar-refractivity contribution < 1.29 is 0 Å². The lowest BCUT2D eigenvalue weighted by atomic mass is 9.65. The fourth-order valence-electron chi connectivity index (χ4n) is 7.55. The van der Waals surface area contributed by atoms with Gasteiger partial charge in [0.25, 0.3) is 0 Å². The van der Waals surface area contributed by atoms with Crippen LogP contribution >= 0.6 is 11.6 Å². The van der Waals surface area contributed by atoms with E-state index >= 15 is 0 Å². The van der Waals surface area contributed by atoms with Crippen molar-refractivity contribution in [3.8, 4) is 0 Å². The second-order valence-electron chi connectivity index (χ2n) is 11.9. The molecule has 4 heteroatoms. The summed E-state index contributed by atoms with van der Waals surface area (Å²) in [5, 5.41) is 1.21. The lowest BCUT2D eigenvalue weighted by molar-refractivity contribution is 0.526. The first-order valence-electron chi connectivity index (χ1n) is 16.1. The standard InChI is InChI=1S/C44H32ClN3/c45-41-40-39(43(33-19-7-1-8-20-33,34-21-9-2-10-22-34)35-23-11-3-12-24-35)31-48(42(40)47-32-46-41)44(36-25-13-4-14-26-36,37-27-15-5-16-28-37)38-29-17-6-18-30-38/h1-32H. The maximum atomic E-state index is 7.27. The maximum Gasteiger partial charge on any atom is 0.146 e. The Morgan fingerprint density at radius 2 is 0.750 bits per heavy atom. The first-order valence-corrected chi connectivity index (χ1v) is 16.5. The molecule has 0 atom stereocenters. The topological polar surface area (TPSA) is 30.7 Å². The second-order valence-corrected chi connectivity index (χ2v) is 12.3. The summed E-state index contributed by atoms with van der Waals surface area (Å²) in [4.78, 5) is 9.68. The Morgan fingerprint density at radius 3 is 1.10 bits per heavy atom. The number of hydrogen-bond acceptors (Lipinski definition) is 2. The molecule has 0 aliphatic rings. The van der Waals surface area contributed by atoms with Crippen LogP contribution in [0.25, 0.3) is 11.0 Å². The van der Waals surface area contributed by atoms with Crippen LogP contribution in [-0.4, -0.2) is 14.5 Å². The van der Waals surface area contributed by atoms with Crippen molar-refractivity contribution in [1.82, 2.24) is 14.5 Å². The molecule has 3 nitrogen and oxygen atoms in total. The zero-order chi connectivity index (χ0) is 32.4. The van der Waals surface area contributed by atoms with Crippen molar-refractivity contribution >= 4 is 22.6 Å². The zero-order valence-electron chi connectivity index (χ0n) is 26.2. The molecule has 0 unspecified atom stereocenters. The number of hydrogen-bond donors (Lipinski definition) is 0. The van der Waals surface area contributed by atoms with E-state index in [2.05, 4.69) is 198 Å². The highest BCUT2D eigenvalue weighted by molar-refractivity contribution is 6.34. The molecule has 0 amide bonds. The van der Waals surface area contributed by atoms with E-state index in [1.54, 1.807) is 6.33 Å². The number of nitrogens with zero attached hydrogens (tertiary/aromatic N) is 3. The lowest BCUT2D eigenvalue weighted by Crippen LogP contribution is -2.38. The van der Waals surface area contributed by atoms with Crippen LogP contribution in [0.15, 0.2) is 195 Å². The highest BCUT2D eigenvalue weighted by Gasteiger charge is 2.45. The predicted octanol–water partition coefficient (Wildman–Crippen LogP) is 10.3. The molecule has 0 saturated carbocycles. The van der Waals surface area contributed by atoms with Gasteiger partial charge in [0.15, 0.2) is 0 Å². The number of aromatic nitrogens is 3. The van der Waals surface area contributed by atoms with E-state index < -0.39 is 11.0 Å². The number of fused-ring (bicyclic) bond motifs is 1. The summed E-state index contributed by atoms with van der Waals surface area (Å²) in [5.41, 5.74) is 6.82. The lowest BCUT2D eigenvalue weighted by Gasteiger charge is -2.39. The molecule has 2 aromatic heterocycles. The Balaban J connectivity index is 1.61. The Labute approximate surface area is 285 Å². The van der Waals surface area contributed by atoms with Crippen molar-refractivity contribution in [3.63, 3.8) is 0 Å². The molecule has 2 heterocycles. The summed E-state index contributed by atoms with van der Waals surface area (Å²) < 4.78 is 2.33. The van der Waals surface area contributed by atoms with Gasteiger partial charge in [-0.25, -0.2) is 9.97 Å². The highest BCUT2D eigenvalue weighted by atomic mass is 35.5. The molecule has 230 valence electrons. The van der Waals surface area contributed by atoms with Gasteiger partial charge in [-0.15, -0.1) is 0 Å². The summed E-state index contributed by atoms with van der Waals surface area (Å²) in [6, 6.07) is 64.1. The molecule has 0 aliphatic carbocycles. The Kier molecular flexibility index (Phi) is 7.68. The molecule has 0 radical (unpaired) electrons. The molecule has 8 aromatic rings. The van der Waals surface area contributed by atoms with Gasteiger partial charge < -0.3 is 4.57 Å². The Bertz CT molecular complexity index is 2080. The highest BCUT2D eigenvalue weighted by Crippen LogP contribution is 2.51. The molecule has 48 heavy (non-hydrogen) atoms. The normalized spacial score (nSPS) is 11.9. The van der Waals surface area contributed by atoms with Gasteiger partial charge in [0.05, 0.1) is 10.8 Å². The quantitative estimate of drug-likeness (QED) is 0.123. The Morgan fingerprint density at radius 1 is 0.417 bits per heavy atom. The third-order valence-electron chi connectivity index (χ3n) is 9.50. The minimum absolute atomic E-state index is 0.406. The van der Waals surface area contributed by atoms with Crippen LogP contribution in [0.4, 0.5) is 0 Å². The van der Waals surface area contributed by atoms with Crippen LogP contribution in [0.5, 0.6) is 0 Å². The van der Waals surface area contributed by atoms with Crippen molar-refractivity contribution in [3.05, 3.63) is 239 Å². The van der Waals surface area contributed by atoms with E-state index in [-0.39, 0.29) is 0 Å². The van der Waals surface area contributed by atoms with Gasteiger partial charge in [-0.3, -0.25) is 0 Å². The third kappa shape index (κ3) is 4.58. The van der Waals surface area contributed by atoms with E-state index in [0.29, 0.717) is 5.15 Å². The summed E-state index contributed by atoms with van der Waals surface area (Å²) in [6.07, 6.45) is 3.86. The molecule has 6 aromatic carbocycles. The summed E-state index contributed by atoms with van der Waals surface area (Å²) >= 11 is 7.27. The van der Waals surface area contributed by atoms with Gasteiger partial charge in [-0.05, 0) is 33.4 Å². The molecule has 0 spiro atoms. The molecular weight excluding hydrogens is 606 g/mol. The first-order chi connectivity index (χ1) is 23.8. The van der Waals surface area contributed by atoms with Crippen LogP contribution in [0.2, 0.25) is 5.15 Å². The minimum Gasteiger partial charge on any atom is -0.313 e. The number of halogens is 1. The van der Waals surface area contributed by atoms with Crippen LogP contribution in [0, 0.1) is 0 Å². The molecule has 0 fully saturated rings. The van der Waals surface area contributed by atoms with Gasteiger partial charge in [0.2, 0.25) is 0 Å². The van der Waals surface area contributed by atoms with Crippen molar-refractivity contribution in [2.24, 2.45) is 0 Å². The number of benzene rings is 6. The van der Waals surface area contributed by atoms with Crippen molar-refractivity contribution in [2.75, 3.05) is 0 Å². The second kappa shape index (κ2) is 12.4. The molecule has 0 saturated heterocycles. The van der Waals surface area contributed by atoms with E-state index in [9.17, 15) is 0 Å². The Hall–Kier alpha value is -5.77. The number of rotatable bonds is 8. The largest absolute Gasteiger partial charge is 0.313 e. The van der Waals surface area contributed by atoms with E-state index in [4.69, 9.17) is 16.6 Å². The molecule has 0 N–H and O–H groups in total. The van der Waals surface area contributed by atoms with Gasteiger partial charge >= 0.3 is 0 Å². The average molecular weight is 638 g/mol. The fourth-order valence-corrected chi connectivity index (χ4v) is 7.78. The van der Waals surface area contributed by atoms with E-state index in [1.807, 2.05) is 0 Å². The molecule has 0 bridgehead atoms. The van der Waals surface area contributed by atoms with E-state index in [0.717, 1.165) is 50.0 Å². The average Bonchev–Trinajstić information content (AvgIpc) is 3.56. The van der Waals surface area contributed by atoms with Crippen molar-refractivity contribution in [1.29, 1.82) is 0 Å². The van der Waals surface area contributed by atoms with Gasteiger partial charge in [0.1, 0.15) is 22.7 Å². The predicted molar refractivity (Wildman–Crippen MR) is 195 cm³/mol. The molecule has 8 rings (SSSR count). The van der Waals surface area contributed by atoms with Gasteiger partial charge in [-0.1, -0.05) is 194 Å². The zero-order valence-corrected chi connectivity index (χ0v) is 27.0. The summed E-state index contributed by atoms with van der Waals surface area (Å²) in [5.74, 6) is 0. The SMILES string of the molecule is Clc1ncnc2c1c(C(c1ccccc1)(c1ccccc1)c1ccccc1)cn2C(c1ccccc1)(c1ccccc1)c1ccccc1. The molecule has 0 aliphatic heterocycles. The fraction of sp³-hybridized carbons (Fsp3) is 0.0455. The summed E-state index contributed by atoms with van der Waals surface area (Å²) in [7, 11) is 0. The van der Waals surface area contributed by atoms with Gasteiger partial charge in [0, 0.05) is 11.8 Å².